The van der Waals surface area contributed by atoms with Gasteiger partial charge in [0.25, 0.3) is 0 Å². The van der Waals surface area contributed by atoms with Gasteiger partial charge in [0.2, 0.25) is 0 Å². The SMILES string of the molecule is CSCCCN=C(N)NCCC(C)C. The molecule has 0 aliphatic carbocycles. The molecule has 3 nitrogen and oxygen atoms in total. The fraction of sp³-hybridized carbons (Fsp3) is 0.900. The Labute approximate surface area is 91.9 Å². The van der Waals surface area contributed by atoms with Crippen LogP contribution in [0, 0.1) is 5.92 Å². The Balaban J connectivity index is 3.37. The van der Waals surface area contributed by atoms with Crippen molar-refractivity contribution in [1.82, 2.24) is 5.32 Å². The van der Waals surface area contributed by atoms with Crippen LogP contribution in [0.3, 0.4) is 0 Å². The Kier molecular flexibility index (Phi) is 8.94. The molecule has 0 spiro atoms. The minimum atomic E-state index is 0.590. The molecule has 4 heteroatoms. The van der Waals surface area contributed by atoms with Crippen molar-refractivity contribution in [2.45, 2.75) is 26.7 Å². The van der Waals surface area contributed by atoms with Crippen molar-refractivity contribution >= 4 is 17.7 Å². The van der Waals surface area contributed by atoms with Gasteiger partial charge in [-0.3, -0.25) is 4.99 Å². The molecule has 0 heterocycles. The number of hydrogen-bond acceptors (Lipinski definition) is 2. The minimum Gasteiger partial charge on any atom is -0.370 e. The van der Waals surface area contributed by atoms with Gasteiger partial charge in [-0.1, -0.05) is 13.8 Å². The molecule has 0 saturated carbocycles. The fourth-order valence-electron chi connectivity index (χ4n) is 0.953. The zero-order valence-corrected chi connectivity index (χ0v) is 10.4. The third kappa shape index (κ3) is 9.71. The summed E-state index contributed by atoms with van der Waals surface area (Å²) >= 11 is 1.84. The molecule has 3 N–H and O–H groups in total. The van der Waals surface area contributed by atoms with E-state index in [4.69, 9.17) is 5.73 Å². The van der Waals surface area contributed by atoms with Crippen LogP contribution in [-0.4, -0.2) is 31.1 Å². The molecule has 0 aromatic heterocycles. The van der Waals surface area contributed by atoms with Gasteiger partial charge in [0, 0.05) is 13.1 Å². The fourth-order valence-corrected chi connectivity index (χ4v) is 1.37. The maximum absolute atomic E-state index is 5.67. The van der Waals surface area contributed by atoms with Crippen LogP contribution in [0.25, 0.3) is 0 Å². The number of rotatable bonds is 7. The van der Waals surface area contributed by atoms with Crippen molar-refractivity contribution in [3.63, 3.8) is 0 Å². The molecule has 0 radical (unpaired) electrons. The zero-order chi connectivity index (χ0) is 10.8. The lowest BCUT2D eigenvalue weighted by Gasteiger charge is -2.07. The van der Waals surface area contributed by atoms with E-state index < -0.39 is 0 Å². The lowest BCUT2D eigenvalue weighted by molar-refractivity contribution is 0.576. The van der Waals surface area contributed by atoms with Gasteiger partial charge in [0.15, 0.2) is 5.96 Å². The van der Waals surface area contributed by atoms with Crippen LogP contribution in [0.5, 0.6) is 0 Å². The lowest BCUT2D eigenvalue weighted by atomic mass is 10.1. The van der Waals surface area contributed by atoms with E-state index in [2.05, 4.69) is 30.4 Å². The lowest BCUT2D eigenvalue weighted by Crippen LogP contribution is -2.33. The Morgan fingerprint density at radius 1 is 1.50 bits per heavy atom. The highest BCUT2D eigenvalue weighted by molar-refractivity contribution is 7.98. The van der Waals surface area contributed by atoms with Crippen LogP contribution in [0.15, 0.2) is 4.99 Å². The third-order valence-corrected chi connectivity index (χ3v) is 2.51. The Hall–Kier alpha value is -0.380. The first-order chi connectivity index (χ1) is 6.66. The second-order valence-electron chi connectivity index (χ2n) is 3.72. The van der Waals surface area contributed by atoms with Gasteiger partial charge < -0.3 is 11.1 Å². The number of aliphatic imine (C=N–C) groups is 1. The molecular weight excluding hydrogens is 194 g/mol. The average molecular weight is 217 g/mol. The largest absolute Gasteiger partial charge is 0.370 e. The van der Waals surface area contributed by atoms with Gasteiger partial charge in [-0.15, -0.1) is 0 Å². The summed E-state index contributed by atoms with van der Waals surface area (Å²) < 4.78 is 0. The molecule has 0 amide bonds. The van der Waals surface area contributed by atoms with Crippen LogP contribution in [-0.2, 0) is 0 Å². The van der Waals surface area contributed by atoms with Crippen molar-refractivity contribution in [3.8, 4) is 0 Å². The molecule has 0 unspecified atom stereocenters. The summed E-state index contributed by atoms with van der Waals surface area (Å²) in [6.07, 6.45) is 4.35. The van der Waals surface area contributed by atoms with Crippen molar-refractivity contribution < 1.29 is 0 Å². The van der Waals surface area contributed by atoms with E-state index in [1.54, 1.807) is 0 Å². The van der Waals surface area contributed by atoms with Crippen molar-refractivity contribution in [2.75, 3.05) is 25.1 Å². The van der Waals surface area contributed by atoms with Gasteiger partial charge in [0.1, 0.15) is 0 Å². The molecule has 0 aromatic carbocycles. The molecule has 0 fully saturated rings. The Morgan fingerprint density at radius 3 is 2.79 bits per heavy atom. The number of guanidine groups is 1. The highest BCUT2D eigenvalue weighted by atomic mass is 32.2. The predicted molar refractivity (Wildman–Crippen MR) is 66.9 cm³/mol. The maximum Gasteiger partial charge on any atom is 0.188 e. The maximum atomic E-state index is 5.67. The summed E-state index contributed by atoms with van der Waals surface area (Å²) in [5.41, 5.74) is 5.67. The van der Waals surface area contributed by atoms with Crippen LogP contribution in [0.2, 0.25) is 0 Å². The number of thioether (sulfide) groups is 1. The number of nitrogens with two attached hydrogens (primary N) is 1. The number of nitrogens with one attached hydrogen (secondary N) is 1. The number of nitrogens with zero attached hydrogens (tertiary/aromatic N) is 1. The normalized spacial score (nSPS) is 12.1. The second kappa shape index (κ2) is 9.19. The Bertz CT molecular complexity index is 157. The quantitative estimate of drug-likeness (QED) is 0.388. The third-order valence-electron chi connectivity index (χ3n) is 1.82. The van der Waals surface area contributed by atoms with Gasteiger partial charge in [-0.25, -0.2) is 0 Å². The van der Waals surface area contributed by atoms with E-state index in [9.17, 15) is 0 Å². The molecule has 0 saturated heterocycles. The summed E-state index contributed by atoms with van der Waals surface area (Å²) in [5, 5.41) is 3.11. The summed E-state index contributed by atoms with van der Waals surface area (Å²) in [4.78, 5) is 4.23. The monoisotopic (exact) mass is 217 g/mol. The number of hydrogen-bond donors (Lipinski definition) is 2. The van der Waals surface area contributed by atoms with Crippen LogP contribution in [0.1, 0.15) is 26.7 Å². The van der Waals surface area contributed by atoms with Gasteiger partial charge in [-0.05, 0) is 30.8 Å². The van der Waals surface area contributed by atoms with Crippen LogP contribution < -0.4 is 11.1 Å². The average Bonchev–Trinajstić information content (AvgIpc) is 2.12. The predicted octanol–water partition coefficient (Wildman–Crippen LogP) is 1.69. The first-order valence-electron chi connectivity index (χ1n) is 5.19. The smallest absolute Gasteiger partial charge is 0.188 e. The van der Waals surface area contributed by atoms with Crippen molar-refractivity contribution in [2.24, 2.45) is 16.6 Å². The standard InChI is InChI=1S/C10H23N3S/c1-9(2)5-7-13-10(11)12-6-4-8-14-3/h9H,4-8H2,1-3H3,(H3,11,12,13). The van der Waals surface area contributed by atoms with E-state index in [0.29, 0.717) is 11.9 Å². The summed E-state index contributed by atoms with van der Waals surface area (Å²) in [7, 11) is 0. The molecular formula is C10H23N3S. The molecule has 0 rings (SSSR count). The van der Waals surface area contributed by atoms with E-state index in [0.717, 1.165) is 31.7 Å². The van der Waals surface area contributed by atoms with E-state index in [1.165, 1.54) is 0 Å². The highest BCUT2D eigenvalue weighted by Gasteiger charge is 1.94. The summed E-state index contributed by atoms with van der Waals surface area (Å²) in [5.74, 6) is 2.46. The Morgan fingerprint density at radius 2 is 2.21 bits per heavy atom. The molecule has 0 aromatic rings. The second-order valence-corrected chi connectivity index (χ2v) is 4.71. The summed E-state index contributed by atoms with van der Waals surface area (Å²) in [6.45, 7) is 6.16. The van der Waals surface area contributed by atoms with Gasteiger partial charge in [0.05, 0.1) is 0 Å². The molecule has 0 aliphatic heterocycles. The van der Waals surface area contributed by atoms with Crippen LogP contribution >= 0.6 is 11.8 Å². The molecule has 0 aliphatic rings. The molecule has 14 heavy (non-hydrogen) atoms. The molecule has 0 atom stereocenters. The van der Waals surface area contributed by atoms with E-state index in [1.807, 2.05) is 11.8 Å². The zero-order valence-electron chi connectivity index (χ0n) is 9.55. The van der Waals surface area contributed by atoms with Gasteiger partial charge in [-0.2, -0.15) is 11.8 Å². The summed E-state index contributed by atoms with van der Waals surface area (Å²) in [6, 6.07) is 0. The topological polar surface area (TPSA) is 50.4 Å². The first kappa shape index (κ1) is 13.6. The van der Waals surface area contributed by atoms with E-state index in [-0.39, 0.29) is 0 Å². The van der Waals surface area contributed by atoms with Crippen LogP contribution in [0.4, 0.5) is 0 Å². The van der Waals surface area contributed by atoms with E-state index >= 15 is 0 Å². The van der Waals surface area contributed by atoms with Crippen molar-refractivity contribution in [3.05, 3.63) is 0 Å². The minimum absolute atomic E-state index is 0.590. The van der Waals surface area contributed by atoms with Crippen molar-refractivity contribution in [1.29, 1.82) is 0 Å². The first-order valence-corrected chi connectivity index (χ1v) is 6.59. The highest BCUT2D eigenvalue weighted by Crippen LogP contribution is 1.96. The molecule has 84 valence electrons. The van der Waals surface area contributed by atoms with Gasteiger partial charge >= 0.3 is 0 Å². The molecule has 0 bridgehead atoms.